The maximum atomic E-state index is 10.5. The average Bonchev–Trinajstić information content (AvgIpc) is 2.17. The molecule has 0 bridgehead atoms. The number of nitrogens with zero attached hydrogens (tertiary/aromatic N) is 1. The molecule has 1 aromatic carbocycles. The van der Waals surface area contributed by atoms with E-state index in [0.29, 0.717) is 11.1 Å². The van der Waals surface area contributed by atoms with E-state index in [2.05, 4.69) is 0 Å². The Hall–Kier alpha value is -2.17. The Morgan fingerprint density at radius 2 is 2.20 bits per heavy atom. The van der Waals surface area contributed by atoms with Crippen molar-refractivity contribution in [3.05, 3.63) is 46.0 Å². The fourth-order valence-corrected chi connectivity index (χ4v) is 1.13. The van der Waals surface area contributed by atoms with Crippen molar-refractivity contribution in [2.45, 2.75) is 6.92 Å². The zero-order valence-corrected chi connectivity index (χ0v) is 8.01. The number of carboxylic acid groups (broad SMARTS) is 1. The number of nitro groups is 1. The molecule has 0 radical (unpaired) electrons. The number of aliphatic carboxylic acids is 1. The summed E-state index contributed by atoms with van der Waals surface area (Å²) in [6.45, 7) is 1.59. The Morgan fingerprint density at radius 3 is 2.73 bits per heavy atom. The lowest BCUT2D eigenvalue weighted by atomic mass is 10.1. The number of carbonyl (C=O) groups is 1. The zero-order chi connectivity index (χ0) is 11.4. The van der Waals surface area contributed by atoms with Crippen molar-refractivity contribution in [1.82, 2.24) is 0 Å². The molecule has 1 N–H and O–H groups in total. The predicted molar refractivity (Wildman–Crippen MR) is 54.4 cm³/mol. The quantitative estimate of drug-likeness (QED) is 0.467. The molecule has 0 atom stereocenters. The normalized spacial score (nSPS) is 11.1. The van der Waals surface area contributed by atoms with Crippen LogP contribution in [0.1, 0.15) is 12.5 Å². The van der Waals surface area contributed by atoms with Crippen LogP contribution in [0.25, 0.3) is 5.57 Å². The van der Waals surface area contributed by atoms with Crippen molar-refractivity contribution >= 4 is 17.2 Å². The lowest BCUT2D eigenvalue weighted by Crippen LogP contribution is -1.92. The van der Waals surface area contributed by atoms with Gasteiger partial charge in [0.05, 0.1) is 4.92 Å². The van der Waals surface area contributed by atoms with Crippen LogP contribution in [-0.4, -0.2) is 16.0 Å². The number of rotatable bonds is 3. The number of hydrogen-bond donors (Lipinski definition) is 1. The van der Waals surface area contributed by atoms with Crippen LogP contribution in [0.5, 0.6) is 0 Å². The lowest BCUT2D eigenvalue weighted by molar-refractivity contribution is -0.384. The van der Waals surface area contributed by atoms with Crippen LogP contribution in [0.4, 0.5) is 5.69 Å². The second kappa shape index (κ2) is 4.36. The Bertz CT molecular complexity index is 437. The highest BCUT2D eigenvalue weighted by atomic mass is 16.6. The van der Waals surface area contributed by atoms with Crippen molar-refractivity contribution in [1.29, 1.82) is 0 Å². The first-order valence-electron chi connectivity index (χ1n) is 4.17. The van der Waals surface area contributed by atoms with E-state index < -0.39 is 10.9 Å². The third kappa shape index (κ3) is 2.91. The highest BCUT2D eigenvalue weighted by molar-refractivity contribution is 5.89. The zero-order valence-electron chi connectivity index (χ0n) is 8.01. The Kier molecular flexibility index (Phi) is 3.17. The molecule has 0 aliphatic rings. The maximum absolute atomic E-state index is 10.5. The molecule has 1 rings (SSSR count). The second-order valence-corrected chi connectivity index (χ2v) is 2.97. The van der Waals surface area contributed by atoms with Gasteiger partial charge in [0.1, 0.15) is 0 Å². The van der Waals surface area contributed by atoms with E-state index >= 15 is 0 Å². The van der Waals surface area contributed by atoms with Gasteiger partial charge < -0.3 is 5.11 Å². The fourth-order valence-electron chi connectivity index (χ4n) is 1.13. The van der Waals surface area contributed by atoms with Crippen LogP contribution in [0.2, 0.25) is 0 Å². The van der Waals surface area contributed by atoms with Gasteiger partial charge in [-0.2, -0.15) is 0 Å². The highest BCUT2D eigenvalue weighted by Crippen LogP contribution is 2.19. The summed E-state index contributed by atoms with van der Waals surface area (Å²) in [6.07, 6.45) is 1.01. The molecule has 15 heavy (non-hydrogen) atoms. The number of nitro benzene ring substituents is 1. The van der Waals surface area contributed by atoms with Gasteiger partial charge in [0.15, 0.2) is 0 Å². The molecule has 78 valence electrons. The largest absolute Gasteiger partial charge is 0.478 e. The van der Waals surface area contributed by atoms with E-state index in [4.69, 9.17) is 5.11 Å². The van der Waals surface area contributed by atoms with E-state index in [1.165, 1.54) is 18.2 Å². The number of non-ortho nitro benzene ring substituents is 1. The van der Waals surface area contributed by atoms with Gasteiger partial charge in [0.2, 0.25) is 0 Å². The van der Waals surface area contributed by atoms with Gasteiger partial charge in [-0.25, -0.2) is 4.79 Å². The molecule has 0 fully saturated rings. The Labute approximate surface area is 85.8 Å². The summed E-state index contributed by atoms with van der Waals surface area (Å²) in [4.78, 5) is 20.3. The van der Waals surface area contributed by atoms with Gasteiger partial charge in [0.25, 0.3) is 5.69 Å². The van der Waals surface area contributed by atoms with Crippen LogP contribution < -0.4 is 0 Å². The number of hydrogen-bond acceptors (Lipinski definition) is 3. The van der Waals surface area contributed by atoms with E-state index in [9.17, 15) is 14.9 Å². The van der Waals surface area contributed by atoms with Crippen LogP contribution >= 0.6 is 0 Å². The molecular weight excluding hydrogens is 198 g/mol. The van der Waals surface area contributed by atoms with Gasteiger partial charge in [-0.3, -0.25) is 10.1 Å². The molecule has 5 nitrogen and oxygen atoms in total. The average molecular weight is 207 g/mol. The minimum atomic E-state index is -1.07. The molecule has 0 saturated heterocycles. The van der Waals surface area contributed by atoms with Crippen LogP contribution in [0.3, 0.4) is 0 Å². The summed E-state index contributed by atoms with van der Waals surface area (Å²) in [5.74, 6) is -1.07. The summed E-state index contributed by atoms with van der Waals surface area (Å²) in [7, 11) is 0. The Morgan fingerprint density at radius 1 is 1.53 bits per heavy atom. The molecule has 0 heterocycles. The molecule has 0 unspecified atom stereocenters. The summed E-state index contributed by atoms with van der Waals surface area (Å²) in [5, 5.41) is 19.0. The van der Waals surface area contributed by atoms with Crippen molar-refractivity contribution in [2.24, 2.45) is 0 Å². The number of allylic oxidation sites excluding steroid dienone is 1. The van der Waals surface area contributed by atoms with Crippen molar-refractivity contribution in [2.75, 3.05) is 0 Å². The van der Waals surface area contributed by atoms with Crippen molar-refractivity contribution < 1.29 is 14.8 Å². The first-order valence-corrected chi connectivity index (χ1v) is 4.17. The molecule has 0 spiro atoms. The summed E-state index contributed by atoms with van der Waals surface area (Å²) in [6, 6.07) is 5.85. The molecule has 1 aromatic rings. The van der Waals surface area contributed by atoms with Crippen molar-refractivity contribution in [3.63, 3.8) is 0 Å². The van der Waals surface area contributed by atoms with Crippen LogP contribution in [0, 0.1) is 10.1 Å². The minimum absolute atomic E-state index is 0.0503. The summed E-state index contributed by atoms with van der Waals surface area (Å²) < 4.78 is 0. The summed E-state index contributed by atoms with van der Waals surface area (Å²) >= 11 is 0. The Balaban J connectivity index is 3.11. The van der Waals surface area contributed by atoms with Gasteiger partial charge >= 0.3 is 5.97 Å². The number of benzene rings is 1. The standard InChI is InChI=1S/C10H9NO4/c1-7(5-10(12)13)8-3-2-4-9(6-8)11(14)15/h2-6H,1H3,(H,12,13). The van der Waals surface area contributed by atoms with E-state index in [0.717, 1.165) is 6.08 Å². The van der Waals surface area contributed by atoms with Gasteiger partial charge in [-0.05, 0) is 18.1 Å². The lowest BCUT2D eigenvalue weighted by Gasteiger charge is -1.99. The topological polar surface area (TPSA) is 80.4 Å². The van der Waals surface area contributed by atoms with Gasteiger partial charge in [-0.15, -0.1) is 0 Å². The van der Waals surface area contributed by atoms with Gasteiger partial charge in [-0.1, -0.05) is 12.1 Å². The van der Waals surface area contributed by atoms with E-state index in [1.807, 2.05) is 0 Å². The minimum Gasteiger partial charge on any atom is -0.478 e. The molecule has 0 amide bonds. The van der Waals surface area contributed by atoms with Gasteiger partial charge in [0, 0.05) is 18.2 Å². The maximum Gasteiger partial charge on any atom is 0.328 e. The highest BCUT2D eigenvalue weighted by Gasteiger charge is 2.06. The molecule has 0 saturated carbocycles. The smallest absolute Gasteiger partial charge is 0.328 e. The van der Waals surface area contributed by atoms with Crippen LogP contribution in [-0.2, 0) is 4.79 Å². The fraction of sp³-hybridized carbons (Fsp3) is 0.100. The van der Waals surface area contributed by atoms with E-state index in [-0.39, 0.29) is 5.69 Å². The third-order valence-electron chi connectivity index (χ3n) is 1.85. The first-order chi connectivity index (χ1) is 7.00. The third-order valence-corrected chi connectivity index (χ3v) is 1.85. The molecule has 5 heteroatoms. The predicted octanol–water partition coefficient (Wildman–Crippen LogP) is 2.08. The molecule has 0 aliphatic heterocycles. The SMILES string of the molecule is CC(=CC(=O)O)c1cccc([N+](=O)[O-])c1. The first kappa shape index (κ1) is 10.9. The van der Waals surface area contributed by atoms with Crippen molar-refractivity contribution in [3.8, 4) is 0 Å². The monoisotopic (exact) mass is 207 g/mol. The summed E-state index contributed by atoms with van der Waals surface area (Å²) in [5.41, 5.74) is 0.962. The number of carboxylic acids is 1. The van der Waals surface area contributed by atoms with E-state index in [1.54, 1.807) is 13.0 Å². The molecule has 0 aliphatic carbocycles. The molecular formula is C10H9NO4. The van der Waals surface area contributed by atoms with Crippen LogP contribution in [0.15, 0.2) is 30.3 Å². The molecule has 0 aromatic heterocycles. The second-order valence-electron chi connectivity index (χ2n) is 2.97.